The summed E-state index contributed by atoms with van der Waals surface area (Å²) >= 11 is 0. The van der Waals surface area contributed by atoms with Crippen molar-refractivity contribution in [1.29, 1.82) is 0 Å². The van der Waals surface area contributed by atoms with E-state index in [9.17, 15) is 0 Å². The molecule has 8 bridgehead atoms. The van der Waals surface area contributed by atoms with Gasteiger partial charge in [-0.1, -0.05) is 135 Å². The molecule has 7 aliphatic rings. The number of aliphatic imine (C=N–C) groups is 2. The third kappa shape index (κ3) is 9.39. The van der Waals surface area contributed by atoms with Crippen LogP contribution in [0.2, 0.25) is 0 Å². The summed E-state index contributed by atoms with van der Waals surface area (Å²) in [5, 5.41) is 0. The molecule has 0 radical (unpaired) electrons. The highest BCUT2D eigenvalue weighted by Gasteiger charge is 2.33. The maximum Gasteiger partial charge on any atom is 0.218 e. The maximum absolute atomic E-state index is 5.48. The second-order valence-electron chi connectivity index (χ2n) is 18.1. The Morgan fingerprint density at radius 3 is 1.43 bits per heavy atom. The van der Waals surface area contributed by atoms with Gasteiger partial charge in [-0.05, 0) is 113 Å². The first-order chi connectivity index (χ1) is 34.1. The standard InChI is InChI=1S/C63H54N6/c1-2-39-68-41-35-46(36-42-68)47-37-43-69(44-38-47)40-15-4-3-8-16-45-23-25-51(26-24-45)63-58-33-31-56(66-58)61(49-19-11-6-12-20-49)54-29-27-52(64-54)60(48-17-9-5-10-18-48)53-28-30-55(65-53)62(50-21-13-7-14-22-50)57-32-34-59(63)67-57/h5-7,9-14,17-38,41-44H,2-4,8,15-16,39-40H2,1H3/p+2. The molecule has 6 heteroatoms. The molecule has 0 amide bonds. The van der Waals surface area contributed by atoms with E-state index < -0.39 is 0 Å². The fourth-order valence-electron chi connectivity index (χ4n) is 9.91. The summed E-state index contributed by atoms with van der Waals surface area (Å²) in [6, 6.07) is 40.9. The zero-order valence-corrected chi connectivity index (χ0v) is 39.2. The molecule has 336 valence electrons. The van der Waals surface area contributed by atoms with Crippen molar-refractivity contribution >= 4 is 45.1 Å². The molecule has 7 heterocycles. The topological polar surface area (TPSA) is 59.1 Å². The van der Waals surface area contributed by atoms with E-state index in [0.29, 0.717) is 0 Å². The predicted molar refractivity (Wildman–Crippen MR) is 286 cm³/mol. The molecule has 4 aromatic rings. The first kappa shape index (κ1) is 43.4. The normalized spacial score (nSPS) is 17.9. The average Bonchev–Trinajstić information content (AvgIpc) is 4.26. The highest BCUT2D eigenvalue weighted by molar-refractivity contribution is 6.37. The summed E-state index contributed by atoms with van der Waals surface area (Å²) in [5.41, 5.74) is 20.1. The summed E-state index contributed by atoms with van der Waals surface area (Å²) < 4.78 is 0. The molecule has 6 nitrogen and oxygen atoms in total. The van der Waals surface area contributed by atoms with Crippen LogP contribution in [-0.4, -0.2) is 45.7 Å². The van der Waals surface area contributed by atoms with Crippen molar-refractivity contribution in [2.24, 2.45) is 9.98 Å². The van der Waals surface area contributed by atoms with Gasteiger partial charge in [-0.15, -0.1) is 0 Å². The number of rotatable bonds is 13. The minimum atomic E-state index is 0.891. The molecular weight excluding hydrogens is 841 g/mol. The highest BCUT2D eigenvalue weighted by Crippen LogP contribution is 2.35. The Kier molecular flexibility index (Phi) is 12.5. The number of nitrogens with one attached hydrogen (secondary N) is 2. The minimum Gasteiger partial charge on any atom is -0.354 e. The van der Waals surface area contributed by atoms with Crippen LogP contribution in [0.25, 0.3) is 22.3 Å². The van der Waals surface area contributed by atoms with Crippen LogP contribution in [0.3, 0.4) is 0 Å². The highest BCUT2D eigenvalue weighted by atomic mass is 15.1. The molecule has 0 atom stereocenters. The van der Waals surface area contributed by atoms with Crippen molar-refractivity contribution < 1.29 is 9.98 Å². The molecule has 0 aromatic heterocycles. The smallest absolute Gasteiger partial charge is 0.218 e. The molecule has 0 saturated carbocycles. The Morgan fingerprint density at radius 1 is 0.391 bits per heavy atom. The van der Waals surface area contributed by atoms with Gasteiger partial charge >= 0.3 is 0 Å². The summed E-state index contributed by atoms with van der Waals surface area (Å²) in [7, 11) is 0. The van der Waals surface area contributed by atoms with Crippen molar-refractivity contribution in [3.05, 3.63) is 275 Å². The predicted octanol–water partition coefficient (Wildman–Crippen LogP) is 10.3. The summed E-state index contributed by atoms with van der Waals surface area (Å²) in [5.74, 6) is 0. The molecule has 69 heavy (non-hydrogen) atoms. The number of nitrogens with zero attached hydrogens (tertiary/aromatic N) is 4. The second-order valence-corrected chi connectivity index (χ2v) is 18.1. The number of fused-ring (bicyclic) bond motifs is 4. The van der Waals surface area contributed by atoms with Gasteiger partial charge in [-0.3, -0.25) is 0 Å². The third-order valence-corrected chi connectivity index (χ3v) is 13.4. The van der Waals surface area contributed by atoms with Gasteiger partial charge in [0.15, 0.2) is 0 Å². The SMILES string of the molecule is CCCN1C=CC(=C2C=CN(CCCCCCc3ccc(C4=C5C=CC(=N5)C(c5ccccc5)=C5C=CC(=[NH+]5)C(c5ccccc5)=C5C=CC(=[NH+]5)C(c5ccccc5)=C5C=CC4=N5)cc3)C=C2)C=C1. The number of hydrogen-bond acceptors (Lipinski definition) is 4. The number of benzene rings is 4. The van der Waals surface area contributed by atoms with Crippen molar-refractivity contribution in [2.45, 2.75) is 45.4 Å². The van der Waals surface area contributed by atoms with E-state index in [1.54, 1.807) is 0 Å². The van der Waals surface area contributed by atoms with Crippen LogP contribution in [0.4, 0.5) is 0 Å². The Balaban J connectivity index is 0.875. The average molecular weight is 897 g/mol. The van der Waals surface area contributed by atoms with Crippen LogP contribution >= 0.6 is 0 Å². The van der Waals surface area contributed by atoms with E-state index >= 15 is 0 Å². The Labute approximate surface area is 406 Å². The molecule has 2 N–H and O–H groups in total. The first-order valence-corrected chi connectivity index (χ1v) is 24.6. The van der Waals surface area contributed by atoms with Crippen LogP contribution in [0, 0.1) is 0 Å². The van der Waals surface area contributed by atoms with E-state index in [4.69, 9.17) is 9.98 Å². The quantitative estimate of drug-likeness (QED) is 0.131. The summed E-state index contributed by atoms with van der Waals surface area (Å²) in [4.78, 5) is 23.3. The van der Waals surface area contributed by atoms with Gasteiger partial charge in [0.1, 0.15) is 5.57 Å². The number of allylic oxidation sites excluding steroid dienone is 18. The van der Waals surface area contributed by atoms with Crippen LogP contribution in [0.15, 0.2) is 257 Å². The van der Waals surface area contributed by atoms with E-state index in [2.05, 4.69) is 240 Å². The van der Waals surface area contributed by atoms with Crippen molar-refractivity contribution in [3.8, 4) is 0 Å². The van der Waals surface area contributed by atoms with Crippen LogP contribution in [-0.2, 0) is 6.42 Å². The minimum absolute atomic E-state index is 0.891. The summed E-state index contributed by atoms with van der Waals surface area (Å²) in [6.45, 7) is 4.30. The Hall–Kier alpha value is -8.22. The van der Waals surface area contributed by atoms with Gasteiger partial charge in [0.2, 0.25) is 22.8 Å². The molecule has 11 rings (SSSR count). The Morgan fingerprint density at radius 2 is 0.855 bits per heavy atom. The molecule has 0 aliphatic carbocycles. The lowest BCUT2D eigenvalue weighted by atomic mass is 9.96. The molecule has 0 unspecified atom stereocenters. The van der Waals surface area contributed by atoms with E-state index in [0.717, 1.165) is 123 Å². The molecule has 4 aromatic carbocycles. The fraction of sp³-hybridized carbons (Fsp3) is 0.143. The first-order valence-electron chi connectivity index (χ1n) is 24.6. The lowest BCUT2D eigenvalue weighted by Crippen LogP contribution is -2.71. The zero-order valence-electron chi connectivity index (χ0n) is 39.2. The summed E-state index contributed by atoms with van der Waals surface area (Å²) in [6.07, 6.45) is 42.1. The number of hydrogen-bond donors (Lipinski definition) is 2. The van der Waals surface area contributed by atoms with Gasteiger partial charge in [-0.25, -0.2) is 20.0 Å². The fourth-order valence-corrected chi connectivity index (χ4v) is 9.91. The number of unbranched alkanes of at least 4 members (excludes halogenated alkanes) is 3. The van der Waals surface area contributed by atoms with Crippen molar-refractivity contribution in [2.75, 3.05) is 13.1 Å². The van der Waals surface area contributed by atoms with E-state index in [1.807, 2.05) is 0 Å². The van der Waals surface area contributed by atoms with E-state index in [-0.39, 0.29) is 0 Å². The van der Waals surface area contributed by atoms with Crippen molar-refractivity contribution in [1.82, 2.24) is 9.80 Å². The molecular formula is C63H56N6+2. The van der Waals surface area contributed by atoms with Gasteiger partial charge in [0.25, 0.3) is 0 Å². The molecule has 0 spiro atoms. The number of aryl methyl sites for hydroxylation is 1. The largest absolute Gasteiger partial charge is 0.354 e. The van der Waals surface area contributed by atoms with Gasteiger partial charge in [-0.2, -0.15) is 0 Å². The van der Waals surface area contributed by atoms with Gasteiger partial charge in [0.05, 0.1) is 34.0 Å². The second kappa shape index (κ2) is 19.9. The van der Waals surface area contributed by atoms with Crippen LogP contribution < -0.4 is 9.98 Å². The lowest BCUT2D eigenvalue weighted by molar-refractivity contribution is -0.388. The van der Waals surface area contributed by atoms with E-state index in [1.165, 1.54) is 36.0 Å². The monoisotopic (exact) mass is 896 g/mol. The molecule has 0 fully saturated rings. The molecule has 7 aliphatic heterocycles. The van der Waals surface area contributed by atoms with Gasteiger partial charge < -0.3 is 9.80 Å². The van der Waals surface area contributed by atoms with Gasteiger partial charge in [0, 0.05) is 67.8 Å². The van der Waals surface area contributed by atoms with Crippen molar-refractivity contribution in [3.63, 3.8) is 0 Å². The van der Waals surface area contributed by atoms with Crippen LogP contribution in [0.1, 0.15) is 66.8 Å². The Bertz CT molecular complexity index is 3150. The zero-order chi connectivity index (χ0) is 46.4. The molecule has 0 saturated heterocycles. The maximum atomic E-state index is 5.48. The lowest BCUT2D eigenvalue weighted by Gasteiger charge is -2.21. The van der Waals surface area contributed by atoms with Crippen LogP contribution in [0.5, 0.6) is 0 Å². The third-order valence-electron chi connectivity index (χ3n) is 13.4.